The van der Waals surface area contributed by atoms with Gasteiger partial charge in [0.15, 0.2) is 0 Å². The van der Waals surface area contributed by atoms with Gasteiger partial charge in [0.1, 0.15) is 76.2 Å². The van der Waals surface area contributed by atoms with Gasteiger partial charge in [-0.25, -0.2) is 34.3 Å². The molecule has 3 aromatic carbocycles. The number of carbonyl (C=O) groups is 7. The highest BCUT2D eigenvalue weighted by molar-refractivity contribution is 6.63. The largest absolute Gasteiger partial charge is 1.00 e. The van der Waals surface area contributed by atoms with Gasteiger partial charge in [-0.2, -0.15) is 0 Å². The van der Waals surface area contributed by atoms with Crippen LogP contribution in [0.4, 0.5) is 27.0 Å². The van der Waals surface area contributed by atoms with Crippen LogP contribution in [0.2, 0.25) is 20.2 Å². The van der Waals surface area contributed by atoms with Crippen LogP contribution in [0.1, 0.15) is 206 Å². The Bertz CT molecular complexity index is 4730. The lowest BCUT2D eigenvalue weighted by atomic mass is 10.2. The number of carbonyl (C=O) groups excluding carboxylic acids is 6. The van der Waals surface area contributed by atoms with Crippen molar-refractivity contribution in [2.75, 3.05) is 82.4 Å². The summed E-state index contributed by atoms with van der Waals surface area (Å²) in [5.74, 6) is -0.877. The summed E-state index contributed by atoms with van der Waals surface area (Å²) in [5, 5.41) is 31.1. The summed E-state index contributed by atoms with van der Waals surface area (Å²) in [6, 6.07) is 34.0. The maximum Gasteiger partial charge on any atom is 0.407 e. The predicted molar refractivity (Wildman–Crippen MR) is 496 cm³/mol. The molecule has 8 aromatic rings. The quantitative estimate of drug-likeness (QED) is 0.00910. The Labute approximate surface area is 756 Å². The Morgan fingerprint density at radius 3 is 1.15 bits per heavy atom. The van der Waals surface area contributed by atoms with E-state index in [1.54, 1.807) is 79.3 Å². The highest BCUT2D eigenvalue weighted by Crippen LogP contribution is 2.17. The molecule has 10 N–H and O–H groups in total. The number of hydrogen-bond donors (Lipinski definition) is 9. The topological polar surface area (TPSA) is 392 Å². The first kappa shape index (κ1) is 119. The highest BCUT2D eigenvalue weighted by atomic mass is 35.5. The molecule has 0 spiro atoms. The lowest BCUT2D eigenvalue weighted by Crippen LogP contribution is -3.00. The van der Waals surface area contributed by atoms with Gasteiger partial charge in [-0.1, -0.05) is 134 Å². The maximum absolute atomic E-state index is 12.7. The number of alkyl carbamates (subject to hydrolysis) is 2. The molecule has 6 heterocycles. The van der Waals surface area contributed by atoms with Crippen LogP contribution >= 0.6 is 58.0 Å². The third kappa shape index (κ3) is 50.0. The molecule has 6 amide bonds. The Hall–Kier alpha value is -10.5. The summed E-state index contributed by atoms with van der Waals surface area (Å²) < 4.78 is 16.6. The SMILES string of the molecule is C.C.C.C.C.C.CC(=O)Nc1cc(Cl)ncn1.CC(=O)Nc1cc(NCCCCCNC(=O)c2cccn(Cc3cccc(Cl)c3)c2=O)ncn1.CC(C)(C)OC(=O)NCCCCCN.CC(C)(C)OC(=O)NCCCCCNC(=O)c1cccn(Cc2cccc(Cl)c2)c1=O.CN1CC[N+](C)=C1Cl.O=C(O)c1cccn(Cc2cccc(Cl)c2)c1=O.[Cl-]. The minimum atomic E-state index is -1.22. The average Bonchev–Trinajstić information content (AvgIpc) is 1.71. The maximum atomic E-state index is 12.7. The van der Waals surface area contributed by atoms with E-state index >= 15 is 0 Å². The van der Waals surface area contributed by atoms with Crippen LogP contribution < -0.4 is 72.0 Å². The number of nitrogens with zero attached hydrogens (tertiary/aromatic N) is 9. The molecule has 30 nitrogen and oxygen atoms in total. The standard InChI is InChI=1S/C24H27ClN6O3.C23H30ClN3O4.C13H10ClNO3.C10H22N2O2.C6H6ClN3O.C5H10ClN2.6CH4.ClH/c1-17(32)30-22-14-21(28-16-29-22)26-10-3-2-4-11-27-23(33)20-9-6-12-31(24(20)34)15-18-7-5-8-19(25)13-18;1-23(2,3)31-22(30)26-13-6-4-5-12-25-20(28)19-11-8-14-27(21(19)29)16-17-9-7-10-18(24)15-17;14-10-4-1-3-9(7-10)8-15-6-2-5-11(12(15)16)13(17)18;1-10(2,3)14-9(13)12-8-6-4-5-7-11;1-4(11)10-6-2-5(7)8-3-9-6;1-7-3-4-8(2)5(7)6;;;;;;;/h5-9,12-14,16H,2-4,10-11,15H2,1H3,(H,27,33)(H2,26,28,29,30,32);7-11,14-15H,4-6,12-13,16H2,1-3H3,(H,25,28)(H,26,30);1-7H,8H2,(H,17,18);4-8,11H2,1-3H3,(H,12,13);2-3H,1H3,(H,8,9,10,11);3-4H2,1-2H3;6*1H4;1H/q;;;;;+1;;;;;;;/p-1. The molecule has 1 aliphatic heterocycles. The van der Waals surface area contributed by atoms with Gasteiger partial charge in [0, 0.05) is 104 Å². The minimum Gasteiger partial charge on any atom is -1.00 e. The second-order valence-corrected chi connectivity index (χ2v) is 30.0. The van der Waals surface area contributed by atoms with Crippen molar-refractivity contribution in [2.45, 2.75) is 189 Å². The number of amidine groups is 1. The van der Waals surface area contributed by atoms with Crippen LogP contribution in [-0.2, 0) is 38.7 Å². The number of rotatable bonds is 29. The van der Waals surface area contributed by atoms with Crippen molar-refractivity contribution < 1.29 is 65.1 Å². The third-order valence-electron chi connectivity index (χ3n) is 15.6. The van der Waals surface area contributed by atoms with Crippen molar-refractivity contribution in [1.82, 2.24) is 59.8 Å². The van der Waals surface area contributed by atoms with Gasteiger partial charge in [-0.3, -0.25) is 43.0 Å². The number of carboxylic acids is 1. The first-order valence-corrected chi connectivity index (χ1v) is 39.2. The van der Waals surface area contributed by atoms with E-state index in [-0.39, 0.29) is 109 Å². The summed E-state index contributed by atoms with van der Waals surface area (Å²) in [5.41, 5.74) is 5.79. The third-order valence-corrected chi connectivity index (χ3v) is 17.1. The number of pyridine rings is 3. The van der Waals surface area contributed by atoms with E-state index in [0.29, 0.717) is 96.6 Å². The number of halogens is 6. The zero-order valence-electron chi connectivity index (χ0n) is 67.3. The number of ether oxygens (including phenoxy) is 2. The zero-order chi connectivity index (χ0) is 85.8. The fourth-order valence-corrected chi connectivity index (χ4v) is 11.1. The Kier molecular flexibility index (Phi) is 61.3. The van der Waals surface area contributed by atoms with E-state index in [9.17, 15) is 47.9 Å². The molecule has 0 saturated heterocycles. The van der Waals surface area contributed by atoms with Gasteiger partial charge in [-0.15, -0.1) is 0 Å². The number of unbranched alkanes of at least 4 members (excludes halogenated alkanes) is 6. The fourth-order valence-electron chi connectivity index (χ4n) is 10.2. The van der Waals surface area contributed by atoms with Gasteiger partial charge < -0.3 is 83.6 Å². The minimum absolute atomic E-state index is 0. The lowest BCUT2D eigenvalue weighted by molar-refractivity contribution is -0.484. The van der Waals surface area contributed by atoms with Crippen molar-refractivity contribution in [1.29, 1.82) is 0 Å². The molecule has 0 bridgehead atoms. The summed E-state index contributed by atoms with van der Waals surface area (Å²) in [6.07, 6.45) is 14.6. The average molecular weight is 1830 g/mol. The van der Waals surface area contributed by atoms with E-state index in [0.717, 1.165) is 92.9 Å². The fraction of sp³-hybridized carbons (Fsp3) is 0.437. The Morgan fingerprint density at radius 1 is 0.472 bits per heavy atom. The van der Waals surface area contributed by atoms with Crippen molar-refractivity contribution in [3.63, 3.8) is 0 Å². The van der Waals surface area contributed by atoms with Crippen molar-refractivity contribution in [2.24, 2.45) is 5.73 Å². The van der Waals surface area contributed by atoms with Crippen LogP contribution in [0.5, 0.6) is 0 Å². The first-order valence-electron chi connectivity index (χ1n) is 37.3. The van der Waals surface area contributed by atoms with Crippen LogP contribution in [0.15, 0.2) is 167 Å². The van der Waals surface area contributed by atoms with E-state index in [1.807, 2.05) is 95.4 Å². The van der Waals surface area contributed by atoms with Crippen molar-refractivity contribution >= 4 is 123 Å². The molecule has 36 heteroatoms. The van der Waals surface area contributed by atoms with Crippen molar-refractivity contribution in [3.8, 4) is 0 Å². The Balaban J connectivity index is -0.000000726. The molecular formula is C87H129Cl6N17O13. The molecule has 5 aromatic heterocycles. The second kappa shape index (κ2) is 63.5. The van der Waals surface area contributed by atoms with E-state index < -0.39 is 34.7 Å². The van der Waals surface area contributed by atoms with Gasteiger partial charge in [0.2, 0.25) is 11.8 Å². The molecule has 1 aliphatic rings. The number of nitrogens with two attached hydrogens (primary N) is 1. The predicted octanol–water partition coefficient (Wildman–Crippen LogP) is 13.3. The number of benzene rings is 3. The summed E-state index contributed by atoms with van der Waals surface area (Å²) >= 11 is 29.2. The van der Waals surface area contributed by atoms with Crippen molar-refractivity contribution in [3.05, 3.63) is 237 Å². The summed E-state index contributed by atoms with van der Waals surface area (Å²) in [6.45, 7) is 20.4. The number of aromatic nitrogens is 7. The van der Waals surface area contributed by atoms with Gasteiger partial charge >= 0.3 is 23.5 Å². The zero-order valence-corrected chi connectivity index (χ0v) is 71.8. The van der Waals surface area contributed by atoms with Crippen LogP contribution in [-0.4, -0.2) is 173 Å². The Morgan fingerprint density at radius 2 is 0.821 bits per heavy atom. The molecule has 9 rings (SSSR count). The van der Waals surface area contributed by atoms with Gasteiger partial charge in [0.05, 0.1) is 33.7 Å². The monoisotopic (exact) mass is 1830 g/mol. The number of aromatic carboxylic acids is 1. The summed E-state index contributed by atoms with van der Waals surface area (Å²) in [4.78, 5) is 135. The molecule has 0 unspecified atom stereocenters. The number of nitrogens with one attached hydrogen (secondary N) is 7. The lowest BCUT2D eigenvalue weighted by Gasteiger charge is -2.19. The number of anilines is 3. The first-order chi connectivity index (χ1) is 55.0. The highest BCUT2D eigenvalue weighted by Gasteiger charge is 2.22. The van der Waals surface area contributed by atoms with E-state index in [2.05, 4.69) is 57.2 Å². The summed E-state index contributed by atoms with van der Waals surface area (Å²) in [7, 11) is 3.98. The van der Waals surface area contributed by atoms with E-state index in [4.69, 9.17) is 78.3 Å². The number of hydrogen-bond acceptors (Lipinski definition) is 19. The number of amides is 6. The molecule has 0 aliphatic carbocycles. The molecule has 0 saturated carbocycles. The number of likely N-dealkylation sites (N-methyl/N-ethyl adjacent to an activating group) is 2. The smallest absolute Gasteiger partial charge is 0.407 e. The molecule has 0 atom stereocenters. The van der Waals surface area contributed by atoms with Crippen LogP contribution in [0, 0.1) is 0 Å². The van der Waals surface area contributed by atoms with Gasteiger partial charge in [0.25, 0.3) is 28.5 Å². The molecule has 0 radical (unpaired) electrons. The normalized spacial score (nSPS) is 10.7. The molecule has 123 heavy (non-hydrogen) atoms. The molecular weight excluding hydrogens is 1700 g/mol. The van der Waals surface area contributed by atoms with Gasteiger partial charge in [-0.05, 0) is 189 Å². The van der Waals surface area contributed by atoms with Crippen LogP contribution in [0.25, 0.3) is 0 Å². The van der Waals surface area contributed by atoms with E-state index in [1.165, 1.54) is 70.5 Å². The molecule has 0 fully saturated rings. The molecule has 682 valence electrons. The second-order valence-electron chi connectivity index (χ2n) is 28.0. The number of carboxylic acid groups (broad SMARTS) is 1. The van der Waals surface area contributed by atoms with Crippen LogP contribution in [0.3, 0.4) is 0 Å².